The monoisotopic (exact) mass is 308 g/mol. The Morgan fingerprint density at radius 2 is 1.90 bits per heavy atom. The number of amides is 1. The molecule has 1 saturated carbocycles. The number of nitrogens with two attached hydrogens (primary N) is 1. The Morgan fingerprint density at radius 3 is 2.38 bits per heavy atom. The molecule has 124 valence electrons. The zero-order valence-corrected chi connectivity index (χ0v) is 13.0. The summed E-state index contributed by atoms with van der Waals surface area (Å²) in [6, 6.07) is 0.0762. The average Bonchev–Trinajstić information content (AvgIpc) is 2.46. The first-order valence-electron chi connectivity index (χ1n) is 7.92. The number of halogens is 3. The lowest BCUT2D eigenvalue weighted by atomic mass is 9.80. The number of hydrogen-bond donors (Lipinski definition) is 1. The van der Waals surface area contributed by atoms with Crippen LogP contribution in [0, 0.1) is 11.8 Å². The number of alkyl halides is 3. The van der Waals surface area contributed by atoms with Crippen molar-refractivity contribution in [2.75, 3.05) is 13.1 Å². The van der Waals surface area contributed by atoms with Gasteiger partial charge in [0.2, 0.25) is 5.91 Å². The van der Waals surface area contributed by atoms with Crippen molar-refractivity contribution in [1.29, 1.82) is 0 Å². The summed E-state index contributed by atoms with van der Waals surface area (Å²) in [7, 11) is 0. The number of rotatable bonds is 6. The van der Waals surface area contributed by atoms with E-state index in [2.05, 4.69) is 0 Å². The lowest BCUT2D eigenvalue weighted by Crippen LogP contribution is -2.47. The van der Waals surface area contributed by atoms with Gasteiger partial charge in [0.15, 0.2) is 0 Å². The highest BCUT2D eigenvalue weighted by molar-refractivity contribution is 5.79. The molecule has 1 fully saturated rings. The Labute approximate surface area is 125 Å². The maximum absolute atomic E-state index is 12.9. The van der Waals surface area contributed by atoms with Gasteiger partial charge in [-0.25, -0.2) is 0 Å². The number of nitrogens with zero attached hydrogens (tertiary/aromatic N) is 1. The molecule has 0 aromatic carbocycles. The largest absolute Gasteiger partial charge is 0.391 e. The minimum Gasteiger partial charge on any atom is -0.338 e. The van der Waals surface area contributed by atoms with Crippen LogP contribution in [0.2, 0.25) is 0 Å². The molecular formula is C15H27F3N2O. The smallest absolute Gasteiger partial charge is 0.338 e. The Balaban J connectivity index is 2.78. The van der Waals surface area contributed by atoms with E-state index < -0.39 is 18.0 Å². The van der Waals surface area contributed by atoms with E-state index in [1.807, 2.05) is 13.8 Å². The van der Waals surface area contributed by atoms with E-state index in [-0.39, 0.29) is 24.8 Å². The molecule has 6 heteroatoms. The molecule has 0 heterocycles. The van der Waals surface area contributed by atoms with Crippen LogP contribution in [-0.2, 0) is 4.79 Å². The first kappa shape index (κ1) is 18.3. The summed E-state index contributed by atoms with van der Waals surface area (Å²) in [5, 5.41) is 0. The SMILES string of the molecule is CCC(CC)N(CCN)C(=O)C1CCCC(C(F)(F)F)C1. The van der Waals surface area contributed by atoms with Gasteiger partial charge in [-0.05, 0) is 32.1 Å². The lowest BCUT2D eigenvalue weighted by Gasteiger charge is -2.36. The molecule has 2 atom stereocenters. The summed E-state index contributed by atoms with van der Waals surface area (Å²) in [6.45, 7) is 4.75. The van der Waals surface area contributed by atoms with Gasteiger partial charge in [-0.2, -0.15) is 13.2 Å². The molecule has 0 aliphatic heterocycles. The van der Waals surface area contributed by atoms with Gasteiger partial charge in [0.05, 0.1) is 5.92 Å². The van der Waals surface area contributed by atoms with Gasteiger partial charge in [0.25, 0.3) is 0 Å². The molecule has 0 saturated heterocycles. The van der Waals surface area contributed by atoms with Gasteiger partial charge in [-0.15, -0.1) is 0 Å². The zero-order valence-electron chi connectivity index (χ0n) is 13.0. The second-order valence-electron chi connectivity index (χ2n) is 5.89. The van der Waals surface area contributed by atoms with Gasteiger partial charge >= 0.3 is 6.18 Å². The minimum atomic E-state index is -4.19. The van der Waals surface area contributed by atoms with Crippen molar-refractivity contribution < 1.29 is 18.0 Å². The zero-order chi connectivity index (χ0) is 16.0. The first-order valence-corrected chi connectivity index (χ1v) is 7.92. The fourth-order valence-electron chi connectivity index (χ4n) is 3.29. The van der Waals surface area contributed by atoms with Crippen LogP contribution < -0.4 is 5.73 Å². The predicted molar refractivity (Wildman–Crippen MR) is 76.6 cm³/mol. The lowest BCUT2D eigenvalue weighted by molar-refractivity contribution is -0.187. The van der Waals surface area contributed by atoms with E-state index in [1.165, 1.54) is 0 Å². The molecule has 0 spiro atoms. The third kappa shape index (κ3) is 4.87. The predicted octanol–water partition coefficient (Wildman–Crippen LogP) is 3.33. The van der Waals surface area contributed by atoms with E-state index in [4.69, 9.17) is 5.73 Å². The molecule has 0 aromatic rings. The van der Waals surface area contributed by atoms with E-state index in [1.54, 1.807) is 4.90 Å². The maximum Gasteiger partial charge on any atom is 0.391 e. The van der Waals surface area contributed by atoms with E-state index >= 15 is 0 Å². The van der Waals surface area contributed by atoms with Gasteiger partial charge in [-0.3, -0.25) is 4.79 Å². The quantitative estimate of drug-likeness (QED) is 0.818. The van der Waals surface area contributed by atoms with Crippen molar-refractivity contribution in [3.8, 4) is 0 Å². The van der Waals surface area contributed by atoms with Crippen LogP contribution in [-0.4, -0.2) is 36.1 Å². The molecular weight excluding hydrogens is 281 g/mol. The van der Waals surface area contributed by atoms with Gasteiger partial charge in [0, 0.05) is 25.0 Å². The van der Waals surface area contributed by atoms with E-state index in [0.717, 1.165) is 12.8 Å². The van der Waals surface area contributed by atoms with E-state index in [9.17, 15) is 18.0 Å². The Morgan fingerprint density at radius 1 is 1.29 bits per heavy atom. The fourth-order valence-corrected chi connectivity index (χ4v) is 3.29. The minimum absolute atomic E-state index is 0.0659. The highest BCUT2D eigenvalue weighted by atomic mass is 19.4. The van der Waals surface area contributed by atoms with Crippen molar-refractivity contribution in [2.45, 2.75) is 64.6 Å². The highest BCUT2D eigenvalue weighted by Crippen LogP contribution is 2.40. The van der Waals surface area contributed by atoms with Crippen molar-refractivity contribution in [1.82, 2.24) is 4.90 Å². The van der Waals surface area contributed by atoms with Crippen LogP contribution in [0.4, 0.5) is 13.2 Å². The molecule has 0 radical (unpaired) electrons. The van der Waals surface area contributed by atoms with E-state index in [0.29, 0.717) is 25.9 Å². The molecule has 1 aliphatic carbocycles. The molecule has 0 aromatic heterocycles. The third-order valence-electron chi connectivity index (χ3n) is 4.52. The van der Waals surface area contributed by atoms with Crippen molar-refractivity contribution in [3.05, 3.63) is 0 Å². The third-order valence-corrected chi connectivity index (χ3v) is 4.52. The highest BCUT2D eigenvalue weighted by Gasteiger charge is 2.44. The average molecular weight is 308 g/mol. The van der Waals surface area contributed by atoms with Crippen molar-refractivity contribution >= 4 is 5.91 Å². The first-order chi connectivity index (χ1) is 9.85. The fraction of sp³-hybridized carbons (Fsp3) is 0.933. The molecule has 3 nitrogen and oxygen atoms in total. The van der Waals surface area contributed by atoms with Crippen molar-refractivity contribution in [2.24, 2.45) is 17.6 Å². The molecule has 21 heavy (non-hydrogen) atoms. The summed E-state index contributed by atoms with van der Waals surface area (Å²) >= 11 is 0. The maximum atomic E-state index is 12.9. The second kappa shape index (κ2) is 8.01. The van der Waals surface area contributed by atoms with Crippen LogP contribution in [0.25, 0.3) is 0 Å². The summed E-state index contributed by atoms with van der Waals surface area (Å²) in [5.74, 6) is -1.97. The number of hydrogen-bond acceptors (Lipinski definition) is 2. The molecule has 1 aliphatic rings. The number of carbonyl (C=O) groups excluding carboxylic acids is 1. The topological polar surface area (TPSA) is 46.3 Å². The molecule has 1 amide bonds. The summed E-state index contributed by atoms with van der Waals surface area (Å²) in [5.41, 5.74) is 5.57. The Hall–Kier alpha value is -0.780. The summed E-state index contributed by atoms with van der Waals surface area (Å²) < 4.78 is 38.6. The van der Waals surface area contributed by atoms with Crippen LogP contribution >= 0.6 is 0 Å². The summed E-state index contributed by atoms with van der Waals surface area (Å²) in [6.07, 6.45) is -1.47. The second-order valence-corrected chi connectivity index (χ2v) is 5.89. The van der Waals surface area contributed by atoms with Crippen LogP contribution in [0.3, 0.4) is 0 Å². The normalized spacial score (nSPS) is 23.4. The van der Waals surface area contributed by atoms with Crippen LogP contribution in [0.1, 0.15) is 52.4 Å². The Kier molecular flexibility index (Phi) is 6.97. The molecule has 2 unspecified atom stereocenters. The van der Waals surface area contributed by atoms with Gasteiger partial charge in [0.1, 0.15) is 0 Å². The Bertz CT molecular complexity index is 329. The summed E-state index contributed by atoms with van der Waals surface area (Å²) in [4.78, 5) is 14.3. The molecule has 2 N–H and O–H groups in total. The van der Waals surface area contributed by atoms with Crippen LogP contribution in [0.5, 0.6) is 0 Å². The standard InChI is InChI=1S/C15H27F3N2O/c1-3-13(4-2)20(9-8-19)14(21)11-6-5-7-12(10-11)15(16,17)18/h11-13H,3-10,19H2,1-2H3. The van der Waals surface area contributed by atoms with Crippen LogP contribution in [0.15, 0.2) is 0 Å². The number of carbonyl (C=O) groups is 1. The van der Waals surface area contributed by atoms with Gasteiger partial charge in [-0.1, -0.05) is 20.3 Å². The molecule has 1 rings (SSSR count). The van der Waals surface area contributed by atoms with Crippen molar-refractivity contribution in [3.63, 3.8) is 0 Å². The van der Waals surface area contributed by atoms with Gasteiger partial charge < -0.3 is 10.6 Å². The molecule has 0 bridgehead atoms.